The molecule has 0 N–H and O–H groups in total. The molecule has 2 aromatic carbocycles. The lowest BCUT2D eigenvalue weighted by molar-refractivity contribution is 0.0470. The van der Waals surface area contributed by atoms with Gasteiger partial charge in [0.05, 0.1) is 0 Å². The molecule has 27 heavy (non-hydrogen) atoms. The smallest absolute Gasteiger partial charge is 0.351 e. The number of carbonyl (C=O) groups excluding carboxylic acids is 2. The van der Waals surface area contributed by atoms with Gasteiger partial charge in [-0.3, -0.25) is 4.79 Å². The van der Waals surface area contributed by atoms with Gasteiger partial charge in [0.1, 0.15) is 11.1 Å². The predicted molar refractivity (Wildman–Crippen MR) is 102 cm³/mol. The molecule has 1 heterocycles. The number of esters is 1. The third-order valence-corrected chi connectivity index (χ3v) is 4.84. The summed E-state index contributed by atoms with van der Waals surface area (Å²) in [7, 11) is 0. The van der Waals surface area contributed by atoms with Crippen LogP contribution in [0.5, 0.6) is 0 Å². The molecule has 0 atom stereocenters. The fourth-order valence-corrected chi connectivity index (χ4v) is 3.12. The average Bonchev–Trinajstić information content (AvgIpc) is 2.64. The van der Waals surface area contributed by atoms with E-state index in [0.717, 1.165) is 22.3 Å². The second-order valence-corrected chi connectivity index (χ2v) is 6.62. The SMILES string of the molecule is Cc1cc(C)c(C)c(C(=O)COC(=O)c2cc3ccccc3oc2=O)c1C. The largest absolute Gasteiger partial charge is 0.453 e. The van der Waals surface area contributed by atoms with Crippen LogP contribution < -0.4 is 5.63 Å². The predicted octanol–water partition coefficient (Wildman–Crippen LogP) is 4.07. The summed E-state index contributed by atoms with van der Waals surface area (Å²) in [6.45, 7) is 7.18. The molecule has 3 rings (SSSR count). The summed E-state index contributed by atoms with van der Waals surface area (Å²) < 4.78 is 10.2. The monoisotopic (exact) mass is 364 g/mol. The summed E-state index contributed by atoms with van der Waals surface area (Å²) in [5.41, 5.74) is 3.67. The standard InChI is InChI=1S/C22H20O5/c1-12-9-13(2)15(4)20(14(12)3)18(23)11-26-21(24)17-10-16-7-5-6-8-19(16)27-22(17)25/h5-10H,11H2,1-4H3. The molecule has 0 spiro atoms. The number of ketones is 1. The highest BCUT2D eigenvalue weighted by atomic mass is 16.5. The minimum atomic E-state index is -0.873. The van der Waals surface area contributed by atoms with Crippen LogP contribution in [-0.2, 0) is 4.74 Å². The van der Waals surface area contributed by atoms with Crippen LogP contribution in [0.1, 0.15) is 43.0 Å². The fraction of sp³-hybridized carbons (Fsp3) is 0.227. The Balaban J connectivity index is 1.84. The number of fused-ring (bicyclic) bond motifs is 1. The van der Waals surface area contributed by atoms with Crippen molar-refractivity contribution in [2.75, 3.05) is 6.61 Å². The number of carbonyl (C=O) groups is 2. The lowest BCUT2D eigenvalue weighted by Gasteiger charge is -2.14. The number of benzene rings is 2. The van der Waals surface area contributed by atoms with Crippen LogP contribution in [0, 0.1) is 27.7 Å². The van der Waals surface area contributed by atoms with Gasteiger partial charge in [-0.05, 0) is 62.1 Å². The maximum absolute atomic E-state index is 12.6. The Hall–Kier alpha value is -3.21. The van der Waals surface area contributed by atoms with E-state index in [4.69, 9.17) is 9.15 Å². The van der Waals surface area contributed by atoms with Crippen molar-refractivity contribution in [3.8, 4) is 0 Å². The summed E-state index contributed by atoms with van der Waals surface area (Å²) in [4.78, 5) is 37.0. The van der Waals surface area contributed by atoms with E-state index >= 15 is 0 Å². The van der Waals surface area contributed by atoms with Gasteiger partial charge in [0, 0.05) is 10.9 Å². The van der Waals surface area contributed by atoms with Crippen LogP contribution in [0.4, 0.5) is 0 Å². The van der Waals surface area contributed by atoms with Crippen molar-refractivity contribution in [3.05, 3.63) is 80.2 Å². The molecule has 0 unspecified atom stereocenters. The molecule has 3 aromatic rings. The van der Waals surface area contributed by atoms with Crippen molar-refractivity contribution >= 4 is 22.7 Å². The zero-order chi connectivity index (χ0) is 19.7. The van der Waals surface area contributed by atoms with Gasteiger partial charge in [0.2, 0.25) is 5.78 Å². The van der Waals surface area contributed by atoms with E-state index in [1.54, 1.807) is 24.3 Å². The molecule has 138 valence electrons. The molecule has 0 amide bonds. The minimum Gasteiger partial charge on any atom is -0.453 e. The first-order chi connectivity index (χ1) is 12.8. The van der Waals surface area contributed by atoms with Crippen molar-refractivity contribution in [2.24, 2.45) is 0 Å². The van der Waals surface area contributed by atoms with Crippen LogP contribution in [0.15, 0.2) is 45.6 Å². The Morgan fingerprint density at radius 2 is 1.59 bits per heavy atom. The van der Waals surface area contributed by atoms with Crippen LogP contribution in [-0.4, -0.2) is 18.4 Å². The zero-order valence-corrected chi connectivity index (χ0v) is 15.7. The van der Waals surface area contributed by atoms with Gasteiger partial charge in [-0.25, -0.2) is 9.59 Å². The van der Waals surface area contributed by atoms with E-state index in [1.807, 2.05) is 33.8 Å². The highest BCUT2D eigenvalue weighted by molar-refractivity contribution is 6.02. The van der Waals surface area contributed by atoms with Gasteiger partial charge in [-0.15, -0.1) is 0 Å². The summed E-state index contributed by atoms with van der Waals surface area (Å²) in [5, 5.41) is 0.608. The van der Waals surface area contributed by atoms with Gasteiger partial charge in [-0.1, -0.05) is 24.3 Å². The van der Waals surface area contributed by atoms with Gasteiger partial charge >= 0.3 is 11.6 Å². The van der Waals surface area contributed by atoms with E-state index in [2.05, 4.69) is 0 Å². The minimum absolute atomic E-state index is 0.227. The van der Waals surface area contributed by atoms with Gasteiger partial charge < -0.3 is 9.15 Å². The molecule has 0 radical (unpaired) electrons. The number of rotatable bonds is 4. The van der Waals surface area contributed by atoms with Gasteiger partial charge in [-0.2, -0.15) is 0 Å². The average molecular weight is 364 g/mol. The van der Waals surface area contributed by atoms with Gasteiger partial charge in [0.15, 0.2) is 6.61 Å². The Morgan fingerprint density at radius 1 is 0.963 bits per heavy atom. The molecule has 0 saturated heterocycles. The van der Waals surface area contributed by atoms with E-state index < -0.39 is 18.2 Å². The first kappa shape index (κ1) is 18.6. The van der Waals surface area contributed by atoms with E-state index in [1.165, 1.54) is 6.07 Å². The quantitative estimate of drug-likeness (QED) is 0.396. The van der Waals surface area contributed by atoms with E-state index in [-0.39, 0.29) is 11.3 Å². The number of ether oxygens (including phenoxy) is 1. The lowest BCUT2D eigenvalue weighted by Crippen LogP contribution is -2.21. The topological polar surface area (TPSA) is 73.6 Å². The number of hydrogen-bond donors (Lipinski definition) is 0. The normalized spacial score (nSPS) is 10.8. The first-order valence-corrected chi connectivity index (χ1v) is 8.60. The van der Waals surface area contributed by atoms with E-state index in [9.17, 15) is 14.4 Å². The molecule has 0 aliphatic rings. The van der Waals surface area contributed by atoms with E-state index in [0.29, 0.717) is 16.5 Å². The number of aryl methyl sites for hydroxylation is 2. The maximum Gasteiger partial charge on any atom is 0.351 e. The second kappa shape index (κ2) is 7.19. The molecule has 0 aliphatic carbocycles. The molecular formula is C22H20O5. The molecule has 5 nitrogen and oxygen atoms in total. The zero-order valence-electron chi connectivity index (χ0n) is 15.7. The van der Waals surface area contributed by atoms with Crippen LogP contribution >= 0.6 is 0 Å². The highest BCUT2D eigenvalue weighted by Crippen LogP contribution is 2.22. The second-order valence-electron chi connectivity index (χ2n) is 6.62. The lowest BCUT2D eigenvalue weighted by atomic mass is 9.92. The summed E-state index contributed by atoms with van der Waals surface area (Å²) in [6, 6.07) is 10.3. The summed E-state index contributed by atoms with van der Waals surface area (Å²) in [6.07, 6.45) is 0. The Morgan fingerprint density at radius 3 is 2.26 bits per heavy atom. The first-order valence-electron chi connectivity index (χ1n) is 8.60. The molecule has 5 heteroatoms. The number of hydrogen-bond acceptors (Lipinski definition) is 5. The van der Waals surface area contributed by atoms with Crippen molar-refractivity contribution in [1.82, 2.24) is 0 Å². The molecule has 0 saturated carbocycles. The third kappa shape index (κ3) is 3.53. The Kier molecular flexibility index (Phi) is 4.95. The van der Waals surface area contributed by atoms with Crippen molar-refractivity contribution in [2.45, 2.75) is 27.7 Å². The van der Waals surface area contributed by atoms with Gasteiger partial charge in [0.25, 0.3) is 0 Å². The molecule has 0 aliphatic heterocycles. The van der Waals surface area contributed by atoms with Crippen LogP contribution in [0.25, 0.3) is 11.0 Å². The highest BCUT2D eigenvalue weighted by Gasteiger charge is 2.20. The Labute approximate surface area is 156 Å². The number of Topliss-reactive ketones (excluding diaryl/α,β-unsaturated/α-hetero) is 1. The van der Waals surface area contributed by atoms with Crippen LogP contribution in [0.3, 0.4) is 0 Å². The van der Waals surface area contributed by atoms with Crippen molar-refractivity contribution in [3.63, 3.8) is 0 Å². The fourth-order valence-electron chi connectivity index (χ4n) is 3.12. The number of para-hydroxylation sites is 1. The summed E-state index contributed by atoms with van der Waals surface area (Å²) in [5.74, 6) is -1.17. The molecular weight excluding hydrogens is 344 g/mol. The van der Waals surface area contributed by atoms with Crippen molar-refractivity contribution < 1.29 is 18.7 Å². The van der Waals surface area contributed by atoms with Crippen molar-refractivity contribution in [1.29, 1.82) is 0 Å². The molecule has 0 fully saturated rings. The Bertz CT molecular complexity index is 1100. The summed E-state index contributed by atoms with van der Waals surface area (Å²) >= 11 is 0. The maximum atomic E-state index is 12.6. The molecule has 0 bridgehead atoms. The van der Waals surface area contributed by atoms with Crippen LogP contribution in [0.2, 0.25) is 0 Å². The molecule has 1 aromatic heterocycles. The third-order valence-electron chi connectivity index (χ3n) is 4.84.